The summed E-state index contributed by atoms with van der Waals surface area (Å²) in [6.07, 6.45) is 0.642. The van der Waals surface area contributed by atoms with Gasteiger partial charge in [0.2, 0.25) is 0 Å². The molecule has 0 amide bonds. The number of hydrogen-bond donors (Lipinski definition) is 0. The highest BCUT2D eigenvalue weighted by molar-refractivity contribution is 5.89. The first-order valence-electron chi connectivity index (χ1n) is 4.27. The Balaban J connectivity index is 2.83. The quantitative estimate of drug-likeness (QED) is 0.701. The van der Waals surface area contributed by atoms with Gasteiger partial charge < -0.3 is 4.74 Å². The smallest absolute Gasteiger partial charge is 0.341 e. The number of benzene rings is 1. The van der Waals surface area contributed by atoms with Crippen molar-refractivity contribution >= 4 is 5.97 Å². The fraction of sp³-hybridized carbons (Fsp3) is 0.300. The van der Waals surface area contributed by atoms with Crippen molar-refractivity contribution in [2.24, 2.45) is 0 Å². The van der Waals surface area contributed by atoms with Crippen LogP contribution in [-0.2, 0) is 4.74 Å². The highest BCUT2D eigenvalue weighted by Gasteiger charge is 2.13. The Morgan fingerprint density at radius 1 is 1.43 bits per heavy atom. The molecule has 0 radical (unpaired) electrons. The van der Waals surface area contributed by atoms with E-state index in [4.69, 9.17) is 0 Å². The molecule has 2 nitrogen and oxygen atoms in total. The molecule has 0 aliphatic carbocycles. The van der Waals surface area contributed by atoms with E-state index >= 15 is 0 Å². The van der Waals surface area contributed by atoms with Gasteiger partial charge >= 0.3 is 5.97 Å². The molecule has 1 aromatic carbocycles. The lowest BCUT2D eigenvalue weighted by molar-refractivity contribution is 0.0499. The summed E-state index contributed by atoms with van der Waals surface area (Å²) in [4.78, 5) is 11.1. The molecule has 0 heterocycles. The molecule has 0 spiro atoms. The van der Waals surface area contributed by atoms with Gasteiger partial charge in [0, 0.05) is 0 Å². The molecular weight excluding hydrogens is 190 g/mol. The maximum Gasteiger partial charge on any atom is 0.341 e. The molecule has 0 saturated heterocycles. The first-order valence-corrected chi connectivity index (χ1v) is 4.27. The lowest BCUT2D eigenvalue weighted by Crippen LogP contribution is -2.08. The molecule has 0 bridgehead atoms. The van der Waals surface area contributed by atoms with Crippen LogP contribution >= 0.6 is 0 Å². The van der Waals surface area contributed by atoms with E-state index in [-0.39, 0.29) is 12.2 Å². The Bertz CT molecular complexity index is 337. The topological polar surface area (TPSA) is 26.3 Å². The zero-order chi connectivity index (χ0) is 10.6. The van der Waals surface area contributed by atoms with E-state index in [1.807, 2.05) is 6.92 Å². The van der Waals surface area contributed by atoms with Gasteiger partial charge in [-0.15, -0.1) is 0 Å². The largest absolute Gasteiger partial charge is 0.462 e. The standard InChI is InChI=1S/C10H10F2O2/c1-2-5-14-10(13)8-6-7(11)3-4-9(8)12/h3-4,6H,2,5H2,1H3. The van der Waals surface area contributed by atoms with Gasteiger partial charge in [-0.05, 0) is 24.6 Å². The summed E-state index contributed by atoms with van der Waals surface area (Å²) >= 11 is 0. The Morgan fingerprint density at radius 3 is 2.79 bits per heavy atom. The monoisotopic (exact) mass is 200 g/mol. The Morgan fingerprint density at radius 2 is 2.14 bits per heavy atom. The van der Waals surface area contributed by atoms with Crippen molar-refractivity contribution in [1.29, 1.82) is 0 Å². The van der Waals surface area contributed by atoms with E-state index in [9.17, 15) is 13.6 Å². The van der Waals surface area contributed by atoms with Gasteiger partial charge in [-0.2, -0.15) is 0 Å². The van der Waals surface area contributed by atoms with Crippen molar-refractivity contribution in [2.45, 2.75) is 13.3 Å². The number of ether oxygens (including phenoxy) is 1. The molecule has 0 aliphatic rings. The van der Waals surface area contributed by atoms with E-state index in [0.717, 1.165) is 18.2 Å². The van der Waals surface area contributed by atoms with Crippen molar-refractivity contribution in [3.63, 3.8) is 0 Å². The van der Waals surface area contributed by atoms with Crippen LogP contribution in [0.2, 0.25) is 0 Å². The molecule has 4 heteroatoms. The number of carbonyl (C=O) groups excluding carboxylic acids is 1. The van der Waals surface area contributed by atoms with Gasteiger partial charge in [0.1, 0.15) is 11.6 Å². The average Bonchev–Trinajstić information content (AvgIpc) is 2.18. The highest BCUT2D eigenvalue weighted by atomic mass is 19.1. The molecule has 76 valence electrons. The van der Waals surface area contributed by atoms with Gasteiger partial charge in [-0.25, -0.2) is 13.6 Å². The summed E-state index contributed by atoms with van der Waals surface area (Å²) in [6.45, 7) is 2.02. The number of esters is 1. The Hall–Kier alpha value is -1.45. The van der Waals surface area contributed by atoms with Crippen LogP contribution in [-0.4, -0.2) is 12.6 Å². The highest BCUT2D eigenvalue weighted by Crippen LogP contribution is 2.10. The summed E-state index contributed by atoms with van der Waals surface area (Å²) < 4.78 is 30.3. The summed E-state index contributed by atoms with van der Waals surface area (Å²) in [6, 6.07) is 2.68. The Kier molecular flexibility index (Phi) is 3.56. The van der Waals surface area contributed by atoms with Crippen molar-refractivity contribution in [2.75, 3.05) is 6.61 Å². The minimum absolute atomic E-state index is 0.203. The van der Waals surface area contributed by atoms with Crippen LogP contribution in [0.25, 0.3) is 0 Å². The second-order valence-corrected chi connectivity index (χ2v) is 2.76. The minimum atomic E-state index is -0.830. The summed E-state index contributed by atoms with van der Waals surface area (Å²) in [5.74, 6) is -2.26. The van der Waals surface area contributed by atoms with Gasteiger partial charge in [0.05, 0.1) is 12.2 Å². The van der Waals surface area contributed by atoms with Crippen LogP contribution in [0.15, 0.2) is 18.2 Å². The van der Waals surface area contributed by atoms with Crippen molar-refractivity contribution in [3.8, 4) is 0 Å². The maximum atomic E-state index is 13.0. The van der Waals surface area contributed by atoms with Crippen LogP contribution in [0.1, 0.15) is 23.7 Å². The van der Waals surface area contributed by atoms with Gasteiger partial charge in [-0.1, -0.05) is 6.92 Å². The maximum absolute atomic E-state index is 13.0. The summed E-state index contributed by atoms with van der Waals surface area (Å²) in [7, 11) is 0. The second kappa shape index (κ2) is 4.69. The molecule has 1 rings (SSSR count). The third-order valence-electron chi connectivity index (χ3n) is 1.59. The van der Waals surface area contributed by atoms with Gasteiger partial charge in [0.25, 0.3) is 0 Å². The lowest BCUT2D eigenvalue weighted by Gasteiger charge is -2.03. The molecule has 1 aromatic rings. The van der Waals surface area contributed by atoms with Crippen LogP contribution in [0.4, 0.5) is 8.78 Å². The molecule has 0 N–H and O–H groups in total. The van der Waals surface area contributed by atoms with Crippen LogP contribution in [0.3, 0.4) is 0 Å². The SMILES string of the molecule is CCCOC(=O)c1cc(F)ccc1F. The average molecular weight is 200 g/mol. The lowest BCUT2D eigenvalue weighted by atomic mass is 10.2. The molecule has 0 unspecified atom stereocenters. The van der Waals surface area contributed by atoms with Crippen LogP contribution in [0, 0.1) is 11.6 Å². The van der Waals surface area contributed by atoms with E-state index in [0.29, 0.717) is 6.42 Å². The second-order valence-electron chi connectivity index (χ2n) is 2.76. The Labute approximate surface area is 80.5 Å². The van der Waals surface area contributed by atoms with Crippen LogP contribution in [0.5, 0.6) is 0 Å². The number of rotatable bonds is 3. The van der Waals surface area contributed by atoms with E-state index in [1.54, 1.807) is 0 Å². The number of carbonyl (C=O) groups is 1. The fourth-order valence-corrected chi connectivity index (χ4v) is 0.926. The molecule has 0 fully saturated rings. The van der Waals surface area contributed by atoms with Gasteiger partial charge in [-0.3, -0.25) is 0 Å². The number of hydrogen-bond acceptors (Lipinski definition) is 2. The predicted octanol–water partition coefficient (Wildman–Crippen LogP) is 2.53. The zero-order valence-corrected chi connectivity index (χ0v) is 7.72. The normalized spacial score (nSPS) is 9.93. The van der Waals surface area contributed by atoms with E-state index in [1.165, 1.54) is 0 Å². The first kappa shape index (κ1) is 10.6. The third-order valence-corrected chi connectivity index (χ3v) is 1.59. The molecule has 0 aliphatic heterocycles. The van der Waals surface area contributed by atoms with E-state index in [2.05, 4.69) is 4.74 Å². The molecule has 0 saturated carbocycles. The van der Waals surface area contributed by atoms with Crippen molar-refractivity contribution in [1.82, 2.24) is 0 Å². The molecular formula is C10H10F2O2. The first-order chi connectivity index (χ1) is 6.65. The summed E-state index contributed by atoms with van der Waals surface area (Å²) in [5.41, 5.74) is -0.363. The predicted molar refractivity (Wildman–Crippen MR) is 46.9 cm³/mol. The fourth-order valence-electron chi connectivity index (χ4n) is 0.926. The van der Waals surface area contributed by atoms with Crippen molar-refractivity contribution in [3.05, 3.63) is 35.4 Å². The number of halogens is 2. The third kappa shape index (κ3) is 2.52. The minimum Gasteiger partial charge on any atom is -0.462 e. The van der Waals surface area contributed by atoms with Crippen molar-refractivity contribution < 1.29 is 18.3 Å². The molecule has 0 aromatic heterocycles. The molecule has 0 atom stereocenters. The van der Waals surface area contributed by atoms with Crippen LogP contribution < -0.4 is 0 Å². The molecule has 14 heavy (non-hydrogen) atoms. The van der Waals surface area contributed by atoms with E-state index < -0.39 is 17.6 Å². The summed E-state index contributed by atoms with van der Waals surface area (Å²) in [5, 5.41) is 0. The zero-order valence-electron chi connectivity index (χ0n) is 7.72. The van der Waals surface area contributed by atoms with Gasteiger partial charge in [0.15, 0.2) is 0 Å².